The molecule has 1 aliphatic heterocycles. The maximum absolute atomic E-state index is 15.0. The zero-order chi connectivity index (χ0) is 49.0. The lowest BCUT2D eigenvalue weighted by molar-refractivity contribution is -0.234. The molecule has 0 amide bonds. The van der Waals surface area contributed by atoms with Crippen LogP contribution in [0.2, 0.25) is 5.02 Å². The van der Waals surface area contributed by atoms with Gasteiger partial charge in [-0.25, -0.2) is 14.1 Å². The average molecular weight is 985 g/mol. The van der Waals surface area contributed by atoms with Crippen LogP contribution in [0.15, 0.2) is 54.9 Å². The van der Waals surface area contributed by atoms with E-state index in [1.807, 2.05) is 6.07 Å². The summed E-state index contributed by atoms with van der Waals surface area (Å²) in [5, 5.41) is 25.2. The van der Waals surface area contributed by atoms with Gasteiger partial charge in [0.05, 0.1) is 44.3 Å². The Morgan fingerprint density at radius 1 is 0.912 bits per heavy atom. The van der Waals surface area contributed by atoms with Crippen LogP contribution >= 0.6 is 19.4 Å². The highest BCUT2D eigenvalue weighted by Gasteiger charge is 2.51. The number of nitrogen functional groups attached to an aromatic ring is 1. The highest BCUT2D eigenvalue weighted by molar-refractivity contribution is 7.49. The van der Waals surface area contributed by atoms with Crippen LogP contribution in [0.1, 0.15) is 167 Å². The van der Waals surface area contributed by atoms with Crippen molar-refractivity contribution in [3.63, 3.8) is 0 Å². The summed E-state index contributed by atoms with van der Waals surface area (Å²) >= 11 is 6.53. The van der Waals surface area contributed by atoms with Crippen molar-refractivity contribution >= 4 is 30.8 Å². The Balaban J connectivity index is 1.26. The van der Waals surface area contributed by atoms with E-state index in [0.717, 1.165) is 25.7 Å². The van der Waals surface area contributed by atoms with E-state index in [0.29, 0.717) is 29.2 Å². The van der Waals surface area contributed by atoms with E-state index in [1.165, 1.54) is 118 Å². The first-order valence-electron chi connectivity index (χ1n) is 24.5. The smallest absolute Gasteiger partial charge is 0.495 e. The monoisotopic (exact) mass is 983 g/mol. The average Bonchev–Trinajstić information content (AvgIpc) is 3.89. The molecule has 5 atom stereocenters. The van der Waals surface area contributed by atoms with Crippen molar-refractivity contribution in [2.75, 3.05) is 33.2 Å². The first-order chi connectivity index (χ1) is 32.7. The fraction of sp³-hybridized carbons (Fsp3) is 0.627. The molecule has 0 spiro atoms. The van der Waals surface area contributed by atoms with E-state index >= 15 is 0 Å². The number of benzene rings is 2. The molecular formula is C51H75ClN5O10P. The maximum Gasteiger partial charge on any atom is 0.530 e. The molecule has 0 radical (unpaired) electrons. The second-order valence-corrected chi connectivity index (χ2v) is 20.4. The van der Waals surface area contributed by atoms with Crippen molar-refractivity contribution in [2.45, 2.75) is 179 Å². The Morgan fingerprint density at radius 3 is 2.06 bits per heavy atom. The van der Waals surface area contributed by atoms with Gasteiger partial charge in [0.1, 0.15) is 64.3 Å². The summed E-state index contributed by atoms with van der Waals surface area (Å²) in [6.45, 7) is 6.50. The van der Waals surface area contributed by atoms with Gasteiger partial charge in [-0.15, -0.1) is 0 Å². The number of phosphoric ester groups is 1. The van der Waals surface area contributed by atoms with Crippen LogP contribution in [0.25, 0.3) is 5.52 Å². The number of halogens is 1. The molecule has 2 aromatic heterocycles. The van der Waals surface area contributed by atoms with Crippen molar-refractivity contribution in [3.05, 3.63) is 71.1 Å². The number of nitriles is 1. The minimum Gasteiger partial charge on any atom is -0.495 e. The van der Waals surface area contributed by atoms with Gasteiger partial charge in [-0.3, -0.25) is 9.05 Å². The third kappa shape index (κ3) is 16.8. The summed E-state index contributed by atoms with van der Waals surface area (Å²) in [6.07, 6.45) is 21.5. The van der Waals surface area contributed by atoms with E-state index in [-0.39, 0.29) is 47.5 Å². The highest BCUT2D eigenvalue weighted by Crippen LogP contribution is 2.54. The molecule has 376 valence electrons. The summed E-state index contributed by atoms with van der Waals surface area (Å²) < 4.78 is 65.5. The van der Waals surface area contributed by atoms with Crippen LogP contribution in [-0.4, -0.2) is 70.7 Å². The second-order valence-electron chi connectivity index (χ2n) is 18.4. The fourth-order valence-corrected chi connectivity index (χ4v) is 10.2. The Hall–Kier alpha value is -4.13. The van der Waals surface area contributed by atoms with Crippen LogP contribution in [-0.2, 0) is 23.1 Å². The van der Waals surface area contributed by atoms with Crippen LogP contribution in [0, 0.1) is 11.3 Å². The number of hydrogen-bond acceptors (Lipinski definition) is 14. The van der Waals surface area contributed by atoms with Gasteiger partial charge in [-0.1, -0.05) is 133 Å². The number of anilines is 1. The summed E-state index contributed by atoms with van der Waals surface area (Å²) in [4.78, 5) is 4.09. The zero-order valence-corrected chi connectivity index (χ0v) is 42.7. The molecule has 5 rings (SSSR count). The molecule has 1 saturated heterocycles. The summed E-state index contributed by atoms with van der Waals surface area (Å²) in [6, 6.07) is 15.6. The molecule has 0 bridgehead atoms. The van der Waals surface area contributed by atoms with Crippen LogP contribution in [0.5, 0.6) is 23.0 Å². The predicted molar refractivity (Wildman–Crippen MR) is 264 cm³/mol. The van der Waals surface area contributed by atoms with E-state index < -0.39 is 37.5 Å². The molecule has 3 N–H and O–H groups in total. The summed E-state index contributed by atoms with van der Waals surface area (Å²) in [7, 11) is -1.61. The van der Waals surface area contributed by atoms with E-state index in [1.54, 1.807) is 53.9 Å². The number of nitrogens with zero attached hydrogens (tertiary/aromatic N) is 4. The molecule has 4 aromatic rings. The number of nitrogens with two attached hydrogens (primary N) is 1. The molecule has 0 aliphatic carbocycles. The second kappa shape index (κ2) is 27.3. The molecule has 1 fully saturated rings. The Kier molecular flexibility index (Phi) is 22.0. The van der Waals surface area contributed by atoms with Crippen LogP contribution in [0.3, 0.4) is 0 Å². The van der Waals surface area contributed by atoms with Gasteiger partial charge in [0, 0.05) is 18.6 Å². The number of phosphoric acid groups is 1. The van der Waals surface area contributed by atoms with Gasteiger partial charge < -0.3 is 39.0 Å². The molecule has 0 saturated carbocycles. The number of para-hydroxylation sites is 1. The van der Waals surface area contributed by atoms with Crippen molar-refractivity contribution in [3.8, 4) is 29.1 Å². The number of unbranched alkanes of at least 4 members (excludes halogenated alkanes) is 16. The van der Waals surface area contributed by atoms with Crippen LogP contribution in [0.4, 0.5) is 5.82 Å². The molecule has 17 heteroatoms. The SMILES string of the molecule is CCCCCCCCCCCCCCCCCCC[C@H](COP(=O)(OC[C@@]1(C)O[C@@H](c2ccc3c(N)ncnn23)C[C@@H]1OC(C)(C)O)Oc1ccccc1Cl)Oc1cc(OC)c(C#N)c(OC)c1. The Morgan fingerprint density at radius 2 is 1.50 bits per heavy atom. The third-order valence-electron chi connectivity index (χ3n) is 12.3. The van der Waals surface area contributed by atoms with Crippen molar-refractivity contribution in [2.24, 2.45) is 0 Å². The van der Waals surface area contributed by atoms with Crippen LogP contribution < -0.4 is 24.5 Å². The number of ether oxygens (including phenoxy) is 5. The topological polar surface area (TPSA) is 191 Å². The van der Waals surface area contributed by atoms with Gasteiger partial charge in [0.15, 0.2) is 11.6 Å². The van der Waals surface area contributed by atoms with Gasteiger partial charge in [-0.05, 0) is 57.9 Å². The Bertz CT molecular complexity index is 2210. The number of aromatic nitrogens is 3. The Labute approximate surface area is 408 Å². The normalized spacial score (nSPS) is 18.6. The lowest BCUT2D eigenvalue weighted by Crippen LogP contribution is -2.46. The number of rotatable bonds is 33. The standard InChI is InChI=1S/C51H75ClN5O10P/c1-7-8-9-10-11-12-13-14-15-16-17-18-19-20-21-22-23-26-38(64-39-31-45(60-5)40(34-53)46(32-39)61-6)35-62-68(59,67-44-28-25-24-27-41(44)52)63-36-51(4)48(66-50(2,3)58)33-47(65-51)42-29-30-43-49(54)55-37-56-57(42)43/h24-25,27-32,37-38,47-48,58H,7-23,26,33,35-36H2,1-6H3,(H2,54,55,56)/t38-,47-,48+,51-,68?/m1/s1. The minimum absolute atomic E-state index is 0.0845. The van der Waals surface area contributed by atoms with Crippen molar-refractivity contribution < 1.29 is 46.9 Å². The maximum atomic E-state index is 15.0. The number of aliphatic hydroxyl groups is 1. The van der Waals surface area contributed by atoms with E-state index in [9.17, 15) is 14.9 Å². The van der Waals surface area contributed by atoms with Gasteiger partial charge >= 0.3 is 7.82 Å². The first-order valence-corrected chi connectivity index (χ1v) is 26.4. The molecule has 2 aromatic carbocycles. The molecule has 1 aliphatic rings. The lowest BCUT2D eigenvalue weighted by Gasteiger charge is -2.34. The third-order valence-corrected chi connectivity index (χ3v) is 13.9. The van der Waals surface area contributed by atoms with Crippen molar-refractivity contribution in [1.29, 1.82) is 5.26 Å². The molecular weight excluding hydrogens is 909 g/mol. The molecule has 3 heterocycles. The van der Waals surface area contributed by atoms with E-state index in [2.05, 4.69) is 23.1 Å². The quantitative estimate of drug-likeness (QED) is 0.0260. The predicted octanol–water partition coefficient (Wildman–Crippen LogP) is 12.9. The molecule has 15 nitrogen and oxygen atoms in total. The molecule has 68 heavy (non-hydrogen) atoms. The highest BCUT2D eigenvalue weighted by atomic mass is 35.5. The number of fused-ring (bicyclic) bond motifs is 1. The molecule has 1 unspecified atom stereocenters. The summed E-state index contributed by atoms with van der Waals surface area (Å²) in [5.41, 5.74) is 6.34. The van der Waals surface area contributed by atoms with Gasteiger partial charge in [-0.2, -0.15) is 10.4 Å². The van der Waals surface area contributed by atoms with E-state index in [4.69, 9.17) is 54.6 Å². The lowest BCUT2D eigenvalue weighted by atomic mass is 9.98. The van der Waals surface area contributed by atoms with Crippen molar-refractivity contribution in [1.82, 2.24) is 14.6 Å². The van der Waals surface area contributed by atoms with Gasteiger partial charge in [0.2, 0.25) is 0 Å². The largest absolute Gasteiger partial charge is 0.530 e. The fourth-order valence-electron chi connectivity index (χ4n) is 8.58. The minimum atomic E-state index is -4.54. The first kappa shape index (κ1) is 54.8. The number of hydrogen-bond donors (Lipinski definition) is 2. The summed E-state index contributed by atoms with van der Waals surface area (Å²) in [5.74, 6) is -0.230. The number of methoxy groups -OCH3 is 2. The zero-order valence-electron chi connectivity index (χ0n) is 41.1. The van der Waals surface area contributed by atoms with Gasteiger partial charge in [0.25, 0.3) is 0 Å².